The highest BCUT2D eigenvalue weighted by atomic mass is 19.4. The Hall–Kier alpha value is -3.14. The minimum atomic E-state index is -4.61. The quantitative estimate of drug-likeness (QED) is 0.720. The van der Waals surface area contributed by atoms with E-state index in [1.165, 1.54) is 11.3 Å². The molecule has 27 heavy (non-hydrogen) atoms. The van der Waals surface area contributed by atoms with Gasteiger partial charge in [0, 0.05) is 18.8 Å². The van der Waals surface area contributed by atoms with Gasteiger partial charge in [0.25, 0.3) is 0 Å². The molecule has 3 heterocycles. The van der Waals surface area contributed by atoms with Crippen LogP contribution in [0, 0.1) is 0 Å². The van der Waals surface area contributed by atoms with Gasteiger partial charge in [0.05, 0.1) is 24.5 Å². The van der Waals surface area contributed by atoms with Crippen LogP contribution in [0.4, 0.5) is 30.6 Å². The van der Waals surface area contributed by atoms with Crippen molar-refractivity contribution in [3.8, 4) is 0 Å². The Morgan fingerprint density at radius 1 is 1.19 bits per heavy atom. The lowest BCUT2D eigenvalue weighted by Crippen LogP contribution is -2.26. The van der Waals surface area contributed by atoms with Crippen LogP contribution in [0.3, 0.4) is 0 Å². The van der Waals surface area contributed by atoms with Gasteiger partial charge >= 0.3 is 6.18 Å². The van der Waals surface area contributed by atoms with Gasteiger partial charge in [0.15, 0.2) is 5.82 Å². The van der Waals surface area contributed by atoms with E-state index in [9.17, 15) is 13.2 Å². The summed E-state index contributed by atoms with van der Waals surface area (Å²) in [6, 6.07) is 8.85. The van der Waals surface area contributed by atoms with Crippen LogP contribution in [-0.4, -0.2) is 26.8 Å². The van der Waals surface area contributed by atoms with E-state index in [4.69, 9.17) is 4.84 Å². The fraction of sp³-hybridized carbons (Fsp3) is 0.235. The highest BCUT2D eigenvalue weighted by Gasteiger charge is 2.40. The number of rotatable bonds is 4. The molecule has 0 saturated carbocycles. The van der Waals surface area contributed by atoms with Crippen molar-refractivity contribution in [1.82, 2.24) is 20.2 Å². The number of H-pyrrole nitrogens is 1. The summed E-state index contributed by atoms with van der Waals surface area (Å²) in [7, 11) is 0. The molecular weight excluding hydrogens is 361 g/mol. The van der Waals surface area contributed by atoms with Crippen molar-refractivity contribution in [2.45, 2.75) is 18.6 Å². The van der Waals surface area contributed by atoms with Gasteiger partial charge in [-0.25, -0.2) is 10.0 Å². The number of aromatic nitrogens is 4. The first-order valence-electron chi connectivity index (χ1n) is 8.19. The SMILES string of the molecule is FC(F)(F)c1cnc(Nc2cn[nH]c2)nc1N1OCCC1c1ccccc1. The maximum atomic E-state index is 13.5. The summed E-state index contributed by atoms with van der Waals surface area (Å²) < 4.78 is 40.6. The molecule has 3 aromatic rings. The van der Waals surface area contributed by atoms with Crippen molar-refractivity contribution in [3.63, 3.8) is 0 Å². The highest BCUT2D eigenvalue weighted by molar-refractivity contribution is 5.56. The summed E-state index contributed by atoms with van der Waals surface area (Å²) in [4.78, 5) is 13.4. The Kier molecular flexibility index (Phi) is 4.40. The molecule has 0 amide bonds. The molecule has 0 bridgehead atoms. The van der Waals surface area contributed by atoms with Gasteiger partial charge in [-0.05, 0) is 5.56 Å². The van der Waals surface area contributed by atoms with Gasteiger partial charge in [0.2, 0.25) is 5.95 Å². The number of hydrogen-bond acceptors (Lipinski definition) is 6. The van der Waals surface area contributed by atoms with Crippen molar-refractivity contribution in [2.75, 3.05) is 17.0 Å². The van der Waals surface area contributed by atoms with Gasteiger partial charge < -0.3 is 5.32 Å². The largest absolute Gasteiger partial charge is 0.421 e. The van der Waals surface area contributed by atoms with Crippen LogP contribution in [0.1, 0.15) is 23.6 Å². The maximum Gasteiger partial charge on any atom is 0.421 e. The van der Waals surface area contributed by atoms with Crippen molar-refractivity contribution < 1.29 is 18.0 Å². The lowest BCUT2D eigenvalue weighted by atomic mass is 10.0. The maximum absolute atomic E-state index is 13.5. The minimum absolute atomic E-state index is 0.0155. The number of benzene rings is 1. The molecule has 1 unspecified atom stereocenters. The first-order valence-corrected chi connectivity index (χ1v) is 8.19. The minimum Gasteiger partial charge on any atom is -0.321 e. The zero-order chi connectivity index (χ0) is 18.9. The van der Waals surface area contributed by atoms with Crippen molar-refractivity contribution in [2.24, 2.45) is 0 Å². The molecule has 4 rings (SSSR count). The Balaban J connectivity index is 1.74. The monoisotopic (exact) mass is 376 g/mol. The first-order chi connectivity index (χ1) is 13.0. The fourth-order valence-electron chi connectivity index (χ4n) is 2.91. The Bertz CT molecular complexity index is 901. The third kappa shape index (κ3) is 3.56. The summed E-state index contributed by atoms with van der Waals surface area (Å²) in [5.74, 6) is -0.309. The third-order valence-corrected chi connectivity index (χ3v) is 4.13. The summed E-state index contributed by atoms with van der Waals surface area (Å²) >= 11 is 0. The molecule has 10 heteroatoms. The topological polar surface area (TPSA) is 79.0 Å². The van der Waals surface area contributed by atoms with Crippen molar-refractivity contribution in [1.29, 1.82) is 0 Å². The number of anilines is 3. The van der Waals surface area contributed by atoms with Gasteiger partial charge in [-0.2, -0.15) is 23.3 Å². The van der Waals surface area contributed by atoms with Gasteiger partial charge in [-0.1, -0.05) is 30.3 Å². The van der Waals surface area contributed by atoms with E-state index in [2.05, 4.69) is 25.5 Å². The Morgan fingerprint density at radius 2 is 2.00 bits per heavy atom. The number of hydroxylamine groups is 1. The Labute approximate surface area is 152 Å². The second-order valence-corrected chi connectivity index (χ2v) is 5.91. The number of halogens is 3. The number of nitrogens with zero attached hydrogens (tertiary/aromatic N) is 4. The second-order valence-electron chi connectivity index (χ2n) is 5.91. The molecule has 0 spiro atoms. The molecule has 140 valence electrons. The lowest BCUT2D eigenvalue weighted by Gasteiger charge is -2.26. The van der Waals surface area contributed by atoms with Crippen LogP contribution in [0.5, 0.6) is 0 Å². The normalized spacial score (nSPS) is 17.3. The van der Waals surface area contributed by atoms with Crippen LogP contribution in [0.2, 0.25) is 0 Å². The molecule has 1 aliphatic heterocycles. The number of aromatic amines is 1. The smallest absolute Gasteiger partial charge is 0.321 e. The molecular formula is C17H15F3N6O. The molecule has 7 nitrogen and oxygen atoms in total. The molecule has 2 N–H and O–H groups in total. The van der Waals surface area contributed by atoms with E-state index >= 15 is 0 Å². The van der Waals surface area contributed by atoms with E-state index in [0.29, 0.717) is 18.7 Å². The average Bonchev–Trinajstić information content (AvgIpc) is 3.33. The molecule has 1 aliphatic rings. The number of alkyl halides is 3. The van der Waals surface area contributed by atoms with E-state index in [-0.39, 0.29) is 17.8 Å². The average molecular weight is 376 g/mol. The summed E-state index contributed by atoms with van der Waals surface area (Å²) in [6.45, 7) is 0.297. The van der Waals surface area contributed by atoms with E-state index in [1.807, 2.05) is 30.3 Å². The van der Waals surface area contributed by atoms with Crippen LogP contribution in [-0.2, 0) is 11.0 Å². The zero-order valence-corrected chi connectivity index (χ0v) is 13.9. The predicted molar refractivity (Wildman–Crippen MR) is 91.1 cm³/mol. The summed E-state index contributed by atoms with van der Waals surface area (Å²) in [6.07, 6.45) is -0.291. The molecule has 0 radical (unpaired) electrons. The van der Waals surface area contributed by atoms with Crippen LogP contribution >= 0.6 is 0 Å². The standard InChI is InChI=1S/C17H15F3N6O/c18-17(19,20)13-10-21-16(24-12-8-22-23-9-12)25-15(13)26-14(6-7-27-26)11-4-2-1-3-5-11/h1-5,8-10,14H,6-7H2,(H,22,23)(H,21,24,25). The van der Waals surface area contributed by atoms with Crippen LogP contribution in [0.25, 0.3) is 0 Å². The Morgan fingerprint density at radius 3 is 2.70 bits per heavy atom. The molecule has 1 aromatic carbocycles. The van der Waals surface area contributed by atoms with Gasteiger partial charge in [-0.15, -0.1) is 0 Å². The van der Waals surface area contributed by atoms with Crippen LogP contribution < -0.4 is 10.4 Å². The molecule has 1 saturated heterocycles. The molecule has 1 fully saturated rings. The van der Waals surface area contributed by atoms with Crippen molar-refractivity contribution >= 4 is 17.5 Å². The van der Waals surface area contributed by atoms with E-state index in [1.54, 1.807) is 6.20 Å². The summed E-state index contributed by atoms with van der Waals surface area (Å²) in [5, 5.41) is 10.4. The van der Waals surface area contributed by atoms with Gasteiger partial charge in [0.1, 0.15) is 5.56 Å². The lowest BCUT2D eigenvalue weighted by molar-refractivity contribution is -0.138. The third-order valence-electron chi connectivity index (χ3n) is 4.13. The summed E-state index contributed by atoms with van der Waals surface area (Å²) in [5.41, 5.74) is 0.428. The first kappa shape index (κ1) is 17.3. The molecule has 1 atom stereocenters. The zero-order valence-electron chi connectivity index (χ0n) is 13.9. The van der Waals surface area contributed by atoms with Gasteiger partial charge in [-0.3, -0.25) is 9.94 Å². The van der Waals surface area contributed by atoms with E-state index < -0.39 is 11.7 Å². The van der Waals surface area contributed by atoms with E-state index in [0.717, 1.165) is 11.8 Å². The second kappa shape index (κ2) is 6.88. The number of nitrogens with one attached hydrogen (secondary N) is 2. The number of hydrogen-bond donors (Lipinski definition) is 2. The van der Waals surface area contributed by atoms with Crippen molar-refractivity contribution in [3.05, 3.63) is 60.0 Å². The van der Waals surface area contributed by atoms with Crippen LogP contribution in [0.15, 0.2) is 48.9 Å². The fourth-order valence-corrected chi connectivity index (χ4v) is 2.91. The molecule has 2 aromatic heterocycles. The molecule has 0 aliphatic carbocycles. The predicted octanol–water partition coefficient (Wildman–Crippen LogP) is 3.85. The highest BCUT2D eigenvalue weighted by Crippen LogP contribution is 2.41.